The summed E-state index contributed by atoms with van der Waals surface area (Å²) in [5.74, 6) is 1.59. The lowest BCUT2D eigenvalue weighted by Crippen LogP contribution is -2.29. The van der Waals surface area contributed by atoms with E-state index >= 15 is 0 Å². The molecule has 1 heterocycles. The van der Waals surface area contributed by atoms with Crippen LogP contribution in [-0.2, 0) is 17.6 Å². The summed E-state index contributed by atoms with van der Waals surface area (Å²) in [4.78, 5) is 16.3. The Bertz CT molecular complexity index is 642. The predicted molar refractivity (Wildman–Crippen MR) is 92.3 cm³/mol. The number of amides is 1. The minimum Gasteiger partial charge on any atom is -0.441 e. The zero-order chi connectivity index (χ0) is 16.8. The molecule has 2 aromatic rings. The highest BCUT2D eigenvalue weighted by Gasteiger charge is 2.12. The second-order valence-electron chi connectivity index (χ2n) is 6.15. The van der Waals surface area contributed by atoms with Gasteiger partial charge in [0, 0.05) is 18.0 Å². The van der Waals surface area contributed by atoms with Gasteiger partial charge in [0.1, 0.15) is 5.76 Å². The van der Waals surface area contributed by atoms with Crippen LogP contribution in [0.15, 0.2) is 28.7 Å². The van der Waals surface area contributed by atoms with Crippen molar-refractivity contribution in [1.82, 2.24) is 10.3 Å². The average molecular weight is 314 g/mol. The second kappa shape index (κ2) is 7.95. The Hall–Kier alpha value is -2.10. The average Bonchev–Trinajstić information content (AvgIpc) is 2.88. The van der Waals surface area contributed by atoms with Crippen molar-refractivity contribution in [3.63, 3.8) is 0 Å². The number of aromatic nitrogens is 1. The normalized spacial score (nSPS) is 11.0. The Kier molecular flexibility index (Phi) is 5.97. The van der Waals surface area contributed by atoms with Crippen LogP contribution in [0, 0.1) is 6.92 Å². The van der Waals surface area contributed by atoms with Crippen LogP contribution >= 0.6 is 0 Å². The third kappa shape index (κ3) is 4.95. The highest BCUT2D eigenvalue weighted by atomic mass is 16.4. The molecule has 0 bridgehead atoms. The number of rotatable bonds is 7. The fourth-order valence-corrected chi connectivity index (χ4v) is 2.48. The van der Waals surface area contributed by atoms with Crippen molar-refractivity contribution in [2.75, 3.05) is 0 Å². The van der Waals surface area contributed by atoms with Crippen molar-refractivity contribution in [3.05, 3.63) is 41.3 Å². The van der Waals surface area contributed by atoms with E-state index in [0.29, 0.717) is 12.3 Å². The number of oxazole rings is 1. The van der Waals surface area contributed by atoms with Gasteiger partial charge in [-0.25, -0.2) is 4.98 Å². The van der Waals surface area contributed by atoms with E-state index in [1.54, 1.807) is 0 Å². The van der Waals surface area contributed by atoms with Crippen LogP contribution in [0.4, 0.5) is 0 Å². The molecular formula is C19H26N2O2. The van der Waals surface area contributed by atoms with E-state index in [-0.39, 0.29) is 11.9 Å². The highest BCUT2D eigenvalue weighted by molar-refractivity contribution is 5.76. The van der Waals surface area contributed by atoms with Crippen LogP contribution in [0.1, 0.15) is 50.6 Å². The van der Waals surface area contributed by atoms with Gasteiger partial charge < -0.3 is 9.73 Å². The zero-order valence-corrected chi connectivity index (χ0v) is 14.5. The Morgan fingerprint density at radius 3 is 2.57 bits per heavy atom. The molecule has 4 heteroatoms. The minimum absolute atomic E-state index is 0.0940. The van der Waals surface area contributed by atoms with Gasteiger partial charge in [-0.1, -0.05) is 19.1 Å². The molecule has 23 heavy (non-hydrogen) atoms. The zero-order valence-electron chi connectivity index (χ0n) is 14.5. The third-order valence-electron chi connectivity index (χ3n) is 3.77. The van der Waals surface area contributed by atoms with Crippen molar-refractivity contribution in [2.24, 2.45) is 0 Å². The summed E-state index contributed by atoms with van der Waals surface area (Å²) < 4.78 is 5.78. The van der Waals surface area contributed by atoms with Crippen molar-refractivity contribution in [3.8, 4) is 11.5 Å². The molecule has 4 nitrogen and oxygen atoms in total. The van der Waals surface area contributed by atoms with Crippen molar-refractivity contribution >= 4 is 5.91 Å². The fourth-order valence-electron chi connectivity index (χ4n) is 2.48. The molecule has 1 aromatic heterocycles. The molecule has 0 saturated carbocycles. The number of aryl methyl sites for hydroxylation is 3. The van der Waals surface area contributed by atoms with E-state index in [0.717, 1.165) is 36.3 Å². The predicted octanol–water partition coefficient (Wildman–Crippen LogP) is 4.06. The summed E-state index contributed by atoms with van der Waals surface area (Å²) in [5, 5.41) is 2.90. The first-order valence-electron chi connectivity index (χ1n) is 8.34. The molecule has 124 valence electrons. The lowest BCUT2D eigenvalue weighted by molar-refractivity contribution is -0.121. The van der Waals surface area contributed by atoms with E-state index < -0.39 is 0 Å². The second-order valence-corrected chi connectivity index (χ2v) is 6.15. The third-order valence-corrected chi connectivity index (χ3v) is 3.77. The summed E-state index contributed by atoms with van der Waals surface area (Å²) in [5.41, 5.74) is 3.24. The maximum Gasteiger partial charge on any atom is 0.226 e. The van der Waals surface area contributed by atoms with Crippen LogP contribution in [0.25, 0.3) is 11.5 Å². The van der Waals surface area contributed by atoms with Gasteiger partial charge in [0.05, 0.1) is 5.69 Å². The molecular weight excluding hydrogens is 288 g/mol. The summed E-state index contributed by atoms with van der Waals surface area (Å²) in [6, 6.07) is 8.48. The summed E-state index contributed by atoms with van der Waals surface area (Å²) in [6.45, 7) is 8.00. The molecule has 0 aliphatic carbocycles. The van der Waals surface area contributed by atoms with E-state index in [2.05, 4.69) is 29.4 Å². The van der Waals surface area contributed by atoms with Gasteiger partial charge in [0.15, 0.2) is 0 Å². The molecule has 2 rings (SSSR count). The van der Waals surface area contributed by atoms with Gasteiger partial charge in [-0.2, -0.15) is 0 Å². The van der Waals surface area contributed by atoms with Crippen molar-refractivity contribution in [2.45, 2.75) is 59.4 Å². The largest absolute Gasteiger partial charge is 0.441 e. The smallest absolute Gasteiger partial charge is 0.226 e. The van der Waals surface area contributed by atoms with Crippen LogP contribution < -0.4 is 5.32 Å². The number of hydrogen-bond acceptors (Lipinski definition) is 3. The van der Waals surface area contributed by atoms with Gasteiger partial charge in [-0.3, -0.25) is 4.79 Å². The van der Waals surface area contributed by atoms with Crippen molar-refractivity contribution < 1.29 is 9.21 Å². The number of nitrogens with zero attached hydrogens (tertiary/aromatic N) is 1. The SMILES string of the molecule is CCc1ccc(-c2nc(CCCC(=O)NC(C)C)c(C)o2)cc1. The Morgan fingerprint density at radius 1 is 1.26 bits per heavy atom. The topological polar surface area (TPSA) is 55.1 Å². The Labute approximate surface area is 138 Å². The minimum atomic E-state index is 0.0940. The quantitative estimate of drug-likeness (QED) is 0.838. The van der Waals surface area contributed by atoms with Gasteiger partial charge in [0.25, 0.3) is 0 Å². The molecule has 0 unspecified atom stereocenters. The van der Waals surface area contributed by atoms with Crippen LogP contribution in [-0.4, -0.2) is 16.9 Å². The lowest BCUT2D eigenvalue weighted by atomic mass is 10.1. The van der Waals surface area contributed by atoms with Crippen LogP contribution in [0.5, 0.6) is 0 Å². The standard InChI is InChI=1S/C19H26N2O2/c1-5-15-9-11-16(12-10-15)19-21-17(14(4)23-19)7-6-8-18(22)20-13(2)3/h9-13H,5-8H2,1-4H3,(H,20,22). The maximum atomic E-state index is 11.7. The molecule has 1 amide bonds. The van der Waals surface area contributed by atoms with E-state index in [1.807, 2.05) is 32.9 Å². The number of benzene rings is 1. The van der Waals surface area contributed by atoms with Gasteiger partial charge in [-0.15, -0.1) is 0 Å². The monoisotopic (exact) mass is 314 g/mol. The number of hydrogen-bond donors (Lipinski definition) is 1. The Balaban J connectivity index is 1.96. The molecule has 0 fully saturated rings. The van der Waals surface area contributed by atoms with Gasteiger partial charge in [-0.05, 0) is 57.7 Å². The summed E-state index contributed by atoms with van der Waals surface area (Å²) >= 11 is 0. The molecule has 0 radical (unpaired) electrons. The van der Waals surface area contributed by atoms with Crippen LogP contribution in [0.3, 0.4) is 0 Å². The maximum absolute atomic E-state index is 11.7. The van der Waals surface area contributed by atoms with E-state index in [1.165, 1.54) is 5.56 Å². The molecule has 1 N–H and O–H groups in total. The molecule has 0 aliphatic heterocycles. The first kappa shape index (κ1) is 17.3. The lowest BCUT2D eigenvalue weighted by Gasteiger charge is -2.07. The molecule has 0 spiro atoms. The number of nitrogens with one attached hydrogen (secondary N) is 1. The first-order chi connectivity index (χ1) is 11.0. The van der Waals surface area contributed by atoms with Gasteiger partial charge in [0.2, 0.25) is 11.8 Å². The van der Waals surface area contributed by atoms with E-state index in [4.69, 9.17) is 4.42 Å². The van der Waals surface area contributed by atoms with Crippen LogP contribution in [0.2, 0.25) is 0 Å². The fraction of sp³-hybridized carbons (Fsp3) is 0.474. The van der Waals surface area contributed by atoms with Crippen molar-refractivity contribution in [1.29, 1.82) is 0 Å². The van der Waals surface area contributed by atoms with E-state index in [9.17, 15) is 4.79 Å². The number of carbonyl (C=O) groups excluding carboxylic acids is 1. The molecule has 0 atom stereocenters. The molecule has 1 aromatic carbocycles. The molecule has 0 aliphatic rings. The Morgan fingerprint density at radius 2 is 1.96 bits per heavy atom. The molecule has 0 saturated heterocycles. The number of carbonyl (C=O) groups is 1. The summed E-state index contributed by atoms with van der Waals surface area (Å²) in [7, 11) is 0. The van der Waals surface area contributed by atoms with Gasteiger partial charge >= 0.3 is 0 Å². The first-order valence-corrected chi connectivity index (χ1v) is 8.34. The summed E-state index contributed by atoms with van der Waals surface area (Å²) in [6.07, 6.45) is 3.08. The highest BCUT2D eigenvalue weighted by Crippen LogP contribution is 2.23.